The molecule has 182 valence electrons. The van der Waals surface area contributed by atoms with Gasteiger partial charge in [-0.2, -0.15) is 24.3 Å². The molecule has 0 aliphatic carbocycles. The summed E-state index contributed by atoms with van der Waals surface area (Å²) in [5, 5.41) is 4.65. The molecule has 0 aliphatic heterocycles. The first-order valence-corrected chi connectivity index (χ1v) is 13.2. The fourth-order valence-electron chi connectivity index (χ4n) is 4.59. The zero-order chi connectivity index (χ0) is 22.0. The molecular weight excluding hydrogens is 501 g/mol. The van der Waals surface area contributed by atoms with Crippen molar-refractivity contribution in [1.29, 1.82) is 0 Å². The van der Waals surface area contributed by atoms with Gasteiger partial charge in [0.05, 0.1) is 0 Å². The van der Waals surface area contributed by atoms with Crippen LogP contribution in [0.2, 0.25) is 0 Å². The van der Waals surface area contributed by atoms with Crippen LogP contribution in [0.4, 0.5) is 0 Å². The molecule has 0 amide bonds. The smallest absolute Gasteiger partial charge is 0.213 e. The van der Waals surface area contributed by atoms with Crippen molar-refractivity contribution in [2.24, 2.45) is 0 Å². The molecular formula is C26H46Cl2FeP2. The molecule has 0 saturated carbocycles. The Labute approximate surface area is 219 Å². The Kier molecular flexibility index (Phi) is 15.8. The van der Waals surface area contributed by atoms with E-state index in [1.54, 1.807) is 10.6 Å². The molecule has 0 N–H and O–H groups in total. The van der Waals surface area contributed by atoms with Gasteiger partial charge >= 0.3 is 17.1 Å². The first-order valence-electron chi connectivity index (χ1n) is 10.5. The summed E-state index contributed by atoms with van der Waals surface area (Å²) in [7, 11) is -0.202. The van der Waals surface area contributed by atoms with Gasteiger partial charge in [0.2, 0.25) is 0 Å². The third-order valence-electron chi connectivity index (χ3n) is 4.49. The van der Waals surface area contributed by atoms with Crippen LogP contribution in [0.3, 0.4) is 0 Å². The molecule has 2 aromatic rings. The van der Waals surface area contributed by atoms with E-state index in [2.05, 4.69) is 132 Å². The topological polar surface area (TPSA) is 0 Å². The molecule has 0 bridgehead atoms. The van der Waals surface area contributed by atoms with Gasteiger partial charge in [-0.3, -0.25) is 0 Å². The minimum atomic E-state index is -0.101. The van der Waals surface area contributed by atoms with Gasteiger partial charge in [-0.1, -0.05) is 98.9 Å². The van der Waals surface area contributed by atoms with Crippen molar-refractivity contribution in [2.45, 2.75) is 104 Å². The van der Waals surface area contributed by atoms with Crippen molar-refractivity contribution < 1.29 is 17.1 Å². The van der Waals surface area contributed by atoms with E-state index in [0.717, 1.165) is 0 Å². The fraction of sp³-hybridized carbons (Fsp3) is 0.615. The van der Waals surface area contributed by atoms with Crippen LogP contribution in [0.15, 0.2) is 48.5 Å². The molecule has 0 aliphatic rings. The molecule has 0 heterocycles. The van der Waals surface area contributed by atoms with Gasteiger partial charge in [0.1, 0.15) is 0 Å². The van der Waals surface area contributed by atoms with Crippen LogP contribution < -0.4 is 10.6 Å². The van der Waals surface area contributed by atoms with Crippen molar-refractivity contribution in [3.05, 3.63) is 48.5 Å². The minimum Gasteiger partial charge on any atom is -0.213 e. The molecule has 31 heavy (non-hydrogen) atoms. The van der Waals surface area contributed by atoms with E-state index in [9.17, 15) is 0 Å². The zero-order valence-electron chi connectivity index (χ0n) is 21.7. The van der Waals surface area contributed by atoms with Crippen molar-refractivity contribution in [1.82, 2.24) is 0 Å². The summed E-state index contributed by atoms with van der Waals surface area (Å²) >= 11 is 0. The Bertz CT molecular complexity index is 590. The molecule has 0 radical (unpaired) electrons. The largest absolute Gasteiger partial charge is 2.00 e. The van der Waals surface area contributed by atoms with E-state index in [-0.39, 0.29) is 57.7 Å². The van der Waals surface area contributed by atoms with Crippen molar-refractivity contribution in [3.63, 3.8) is 0 Å². The molecule has 2 rings (SSSR count). The average molecular weight is 547 g/mol. The predicted octanol–water partition coefficient (Wildman–Crippen LogP) is 9.06. The third-order valence-corrected chi connectivity index (χ3v) is 11.5. The normalized spacial score (nSPS) is 12.3. The zero-order valence-corrected chi connectivity index (χ0v) is 26.2. The van der Waals surface area contributed by atoms with Crippen LogP contribution in [-0.4, -0.2) is 20.6 Å². The second kappa shape index (κ2) is 13.5. The molecule has 0 nitrogen and oxygen atoms in total. The third kappa shape index (κ3) is 11.6. The van der Waals surface area contributed by atoms with E-state index >= 15 is 0 Å². The summed E-state index contributed by atoms with van der Waals surface area (Å²) < 4.78 is 0. The number of hydrogen-bond acceptors (Lipinski definition) is 0. The monoisotopic (exact) mass is 546 g/mol. The van der Waals surface area contributed by atoms with Gasteiger partial charge < -0.3 is 0 Å². The molecule has 0 unspecified atom stereocenters. The van der Waals surface area contributed by atoms with Crippen LogP contribution in [0.5, 0.6) is 0 Å². The number of rotatable bonds is 2. The van der Waals surface area contributed by atoms with Gasteiger partial charge in [-0.25, -0.2) is 24.3 Å². The van der Waals surface area contributed by atoms with E-state index in [1.807, 2.05) is 0 Å². The average Bonchev–Trinajstić information content (AvgIpc) is 3.06. The quantitative estimate of drug-likeness (QED) is 0.200. The Balaban J connectivity index is -0.000000461. The van der Waals surface area contributed by atoms with E-state index in [0.29, 0.717) is 20.6 Å². The molecule has 0 spiro atoms. The second-order valence-electron chi connectivity index (χ2n) is 11.6. The summed E-state index contributed by atoms with van der Waals surface area (Å²) in [5.41, 5.74) is 0. The summed E-state index contributed by atoms with van der Waals surface area (Å²) in [5.74, 6) is 0. The van der Waals surface area contributed by atoms with Crippen LogP contribution >= 0.6 is 40.7 Å². The van der Waals surface area contributed by atoms with E-state index in [4.69, 9.17) is 0 Å². The van der Waals surface area contributed by atoms with Gasteiger partial charge in [-0.15, -0.1) is 35.4 Å². The van der Waals surface area contributed by atoms with Crippen LogP contribution in [-0.2, 0) is 17.1 Å². The molecule has 0 fully saturated rings. The maximum atomic E-state index is 2.36. The van der Waals surface area contributed by atoms with Crippen LogP contribution in [0.25, 0.3) is 0 Å². The summed E-state index contributed by atoms with van der Waals surface area (Å²) in [6.07, 6.45) is 0. The van der Waals surface area contributed by atoms with E-state index in [1.165, 1.54) is 0 Å². The first-order chi connectivity index (χ1) is 12.5. The van der Waals surface area contributed by atoms with Gasteiger partial charge in [0, 0.05) is 0 Å². The Morgan fingerprint density at radius 1 is 0.516 bits per heavy atom. The van der Waals surface area contributed by atoms with Crippen molar-refractivity contribution in [2.75, 3.05) is 0 Å². The maximum Gasteiger partial charge on any atom is 2.00 e. The Morgan fingerprint density at radius 2 is 0.742 bits per heavy atom. The first kappa shape index (κ1) is 36.2. The van der Waals surface area contributed by atoms with Gasteiger partial charge in [0.25, 0.3) is 0 Å². The summed E-state index contributed by atoms with van der Waals surface area (Å²) in [4.78, 5) is 0. The molecule has 0 atom stereocenters. The fourth-order valence-corrected chi connectivity index (χ4v) is 12.7. The standard InChI is InChI=1S/2C13H22P.2ClH.Fe/c2*1-12(2,3)14(13(4,5)6)11-9-7-8-10-11;;;/h2*7-10H,1-6H3;2*1H;/q2*-1;;;+2. The van der Waals surface area contributed by atoms with Gasteiger partial charge in [-0.05, 0) is 20.6 Å². The molecule has 0 saturated heterocycles. The van der Waals surface area contributed by atoms with Crippen molar-refractivity contribution in [3.8, 4) is 0 Å². The van der Waals surface area contributed by atoms with Crippen molar-refractivity contribution >= 4 is 51.3 Å². The summed E-state index contributed by atoms with van der Waals surface area (Å²) in [6, 6.07) is 17.7. The predicted molar refractivity (Wildman–Crippen MR) is 151 cm³/mol. The molecule has 0 aromatic heterocycles. The minimum absolute atomic E-state index is 0. The number of hydrogen-bond donors (Lipinski definition) is 0. The van der Waals surface area contributed by atoms with Crippen LogP contribution in [0, 0.1) is 0 Å². The van der Waals surface area contributed by atoms with E-state index < -0.39 is 0 Å². The Morgan fingerprint density at radius 3 is 0.871 bits per heavy atom. The SMILES string of the molecule is CC(C)(C)P(c1ccc[cH-]1)C(C)(C)C.CC(C)(C)P(c1ccc[cH-]1)C(C)(C)C.Cl.Cl.[Fe+2]. The Hall–Kier alpha value is 0.659. The molecule has 2 aromatic carbocycles. The maximum absolute atomic E-state index is 2.36. The number of halogens is 2. The van der Waals surface area contributed by atoms with Crippen LogP contribution in [0.1, 0.15) is 83.1 Å². The van der Waals surface area contributed by atoms with Gasteiger partial charge in [0.15, 0.2) is 0 Å². The summed E-state index contributed by atoms with van der Waals surface area (Å²) in [6.45, 7) is 28.3. The molecule has 5 heteroatoms. The second-order valence-corrected chi connectivity index (χ2v) is 19.4.